The summed E-state index contributed by atoms with van der Waals surface area (Å²) in [6, 6.07) is 8.12. The van der Waals surface area contributed by atoms with Crippen LogP contribution in [0, 0.1) is 6.92 Å². The molecule has 0 aliphatic rings. The minimum atomic E-state index is -0.472. The van der Waals surface area contributed by atoms with Crippen LogP contribution in [0.1, 0.15) is 23.0 Å². The van der Waals surface area contributed by atoms with Gasteiger partial charge in [-0.3, -0.25) is 25.2 Å². The largest absolute Gasteiger partial charge is 0.443 e. The van der Waals surface area contributed by atoms with E-state index in [1.807, 2.05) is 0 Å². The lowest BCUT2D eigenvalue weighted by molar-refractivity contribution is -0.118. The average Bonchev–Trinajstić information content (AvgIpc) is 2.50. The molecule has 0 saturated carbocycles. The number of rotatable bonds is 6. The molecule has 2 aromatic rings. The van der Waals surface area contributed by atoms with Crippen LogP contribution in [-0.4, -0.2) is 18.2 Å². The van der Waals surface area contributed by atoms with Gasteiger partial charge in [-0.05, 0) is 32.0 Å². The molecule has 3 N–H and O–H groups in total. The van der Waals surface area contributed by atoms with Crippen molar-refractivity contribution < 1.29 is 14.0 Å². The second-order valence-electron chi connectivity index (χ2n) is 5.02. The van der Waals surface area contributed by atoms with Crippen LogP contribution >= 0.6 is 11.6 Å². The third kappa shape index (κ3) is 4.60. The standard InChI is InChI=1S/C16H16ClN3O4/c1-9-6-13(22)15(10(2)21)16(24-9)20-19-14(23)8-18-12-5-3-4-11(17)7-12/h3-7,18,20H,8H2,1-2H3,(H,19,23). The van der Waals surface area contributed by atoms with Crippen molar-refractivity contribution >= 4 is 34.9 Å². The molecule has 8 heteroatoms. The normalized spacial score (nSPS) is 10.1. The Morgan fingerprint density at radius 1 is 1.25 bits per heavy atom. The minimum Gasteiger partial charge on any atom is -0.443 e. The molecule has 0 atom stereocenters. The van der Waals surface area contributed by atoms with Gasteiger partial charge in [-0.1, -0.05) is 17.7 Å². The van der Waals surface area contributed by atoms with E-state index in [1.165, 1.54) is 13.0 Å². The number of amides is 1. The number of hydrazine groups is 1. The second-order valence-corrected chi connectivity index (χ2v) is 5.46. The number of anilines is 2. The molecule has 0 bridgehead atoms. The summed E-state index contributed by atoms with van der Waals surface area (Å²) < 4.78 is 5.29. The van der Waals surface area contributed by atoms with Gasteiger partial charge in [-0.15, -0.1) is 0 Å². The first-order valence-electron chi connectivity index (χ1n) is 7.07. The Kier molecular flexibility index (Phi) is 5.59. The van der Waals surface area contributed by atoms with Gasteiger partial charge in [0.05, 0.1) is 6.54 Å². The molecule has 0 unspecified atom stereocenters. The summed E-state index contributed by atoms with van der Waals surface area (Å²) in [5, 5.41) is 3.43. The predicted molar refractivity (Wildman–Crippen MR) is 91.4 cm³/mol. The lowest BCUT2D eigenvalue weighted by atomic mass is 10.2. The van der Waals surface area contributed by atoms with Gasteiger partial charge in [-0.2, -0.15) is 0 Å². The van der Waals surface area contributed by atoms with Crippen LogP contribution in [0.3, 0.4) is 0 Å². The number of Topliss-reactive ketones (excluding diaryl/α,β-unsaturated/α-hetero) is 1. The molecule has 0 aliphatic carbocycles. The summed E-state index contributed by atoms with van der Waals surface area (Å²) in [6.07, 6.45) is 0. The van der Waals surface area contributed by atoms with Crippen molar-refractivity contribution in [2.24, 2.45) is 0 Å². The van der Waals surface area contributed by atoms with Crippen LogP contribution in [0.5, 0.6) is 0 Å². The zero-order valence-corrected chi connectivity index (χ0v) is 13.9. The van der Waals surface area contributed by atoms with E-state index in [4.69, 9.17) is 16.0 Å². The van der Waals surface area contributed by atoms with E-state index in [9.17, 15) is 14.4 Å². The lowest BCUT2D eigenvalue weighted by Gasteiger charge is -2.11. The fraction of sp³-hybridized carbons (Fsp3) is 0.188. The van der Waals surface area contributed by atoms with Gasteiger partial charge < -0.3 is 9.73 Å². The molecule has 0 fully saturated rings. The van der Waals surface area contributed by atoms with Gasteiger partial charge in [0, 0.05) is 16.8 Å². The molecule has 0 spiro atoms. The molecule has 7 nitrogen and oxygen atoms in total. The molecule has 0 saturated heterocycles. The molecule has 1 aromatic heterocycles. The zero-order chi connectivity index (χ0) is 17.7. The highest BCUT2D eigenvalue weighted by Crippen LogP contribution is 2.15. The summed E-state index contributed by atoms with van der Waals surface area (Å²) in [5.74, 6) is -0.659. The molecular formula is C16H16ClN3O4. The summed E-state index contributed by atoms with van der Waals surface area (Å²) in [4.78, 5) is 35.2. The molecule has 0 radical (unpaired) electrons. The second kappa shape index (κ2) is 7.65. The van der Waals surface area contributed by atoms with E-state index in [1.54, 1.807) is 31.2 Å². The number of nitrogens with one attached hydrogen (secondary N) is 3. The maximum atomic E-state index is 11.9. The molecule has 1 heterocycles. The number of benzene rings is 1. The lowest BCUT2D eigenvalue weighted by Crippen LogP contribution is -2.35. The number of ketones is 1. The monoisotopic (exact) mass is 349 g/mol. The molecule has 2 rings (SSSR count). The molecule has 1 aromatic carbocycles. The highest BCUT2D eigenvalue weighted by atomic mass is 35.5. The molecular weight excluding hydrogens is 334 g/mol. The van der Waals surface area contributed by atoms with Crippen molar-refractivity contribution in [2.75, 3.05) is 17.3 Å². The van der Waals surface area contributed by atoms with Crippen LogP contribution < -0.4 is 21.6 Å². The fourth-order valence-electron chi connectivity index (χ4n) is 1.98. The van der Waals surface area contributed by atoms with E-state index in [0.29, 0.717) is 16.5 Å². The molecule has 1 amide bonds. The van der Waals surface area contributed by atoms with Crippen molar-refractivity contribution in [3.05, 3.63) is 56.9 Å². The topological polar surface area (TPSA) is 100 Å². The van der Waals surface area contributed by atoms with E-state index in [2.05, 4.69) is 16.2 Å². The average molecular weight is 350 g/mol. The van der Waals surface area contributed by atoms with Gasteiger partial charge in [0.25, 0.3) is 5.91 Å². The van der Waals surface area contributed by atoms with Crippen LogP contribution in [0.2, 0.25) is 5.02 Å². The van der Waals surface area contributed by atoms with Crippen molar-refractivity contribution in [2.45, 2.75) is 13.8 Å². The fourth-order valence-corrected chi connectivity index (χ4v) is 2.17. The third-order valence-electron chi connectivity index (χ3n) is 3.02. The first kappa shape index (κ1) is 17.6. The first-order chi connectivity index (χ1) is 11.4. The molecule has 126 valence electrons. The number of carbonyl (C=O) groups excluding carboxylic acids is 2. The number of hydrogen-bond donors (Lipinski definition) is 3. The van der Waals surface area contributed by atoms with Gasteiger partial charge >= 0.3 is 0 Å². The van der Waals surface area contributed by atoms with Gasteiger partial charge in [0.1, 0.15) is 11.3 Å². The van der Waals surface area contributed by atoms with Crippen LogP contribution in [0.15, 0.2) is 39.5 Å². The zero-order valence-electron chi connectivity index (χ0n) is 13.1. The Labute approximate surface area is 143 Å². The SMILES string of the molecule is CC(=O)c1c(NNC(=O)CNc2cccc(Cl)c2)oc(C)cc1=O. The predicted octanol–water partition coefficient (Wildman–Crippen LogP) is 2.36. The first-order valence-corrected chi connectivity index (χ1v) is 7.44. The van der Waals surface area contributed by atoms with E-state index in [-0.39, 0.29) is 18.0 Å². The smallest absolute Gasteiger partial charge is 0.257 e. The van der Waals surface area contributed by atoms with E-state index in [0.717, 1.165) is 0 Å². The molecule has 24 heavy (non-hydrogen) atoms. The number of halogens is 1. The van der Waals surface area contributed by atoms with Gasteiger partial charge in [-0.25, -0.2) is 0 Å². The summed E-state index contributed by atoms with van der Waals surface area (Å²) >= 11 is 5.85. The minimum absolute atomic E-state index is 0.0429. The van der Waals surface area contributed by atoms with Crippen molar-refractivity contribution in [3.8, 4) is 0 Å². The highest BCUT2D eigenvalue weighted by molar-refractivity contribution is 6.30. The Morgan fingerprint density at radius 2 is 2.00 bits per heavy atom. The number of hydrogen-bond acceptors (Lipinski definition) is 6. The van der Waals surface area contributed by atoms with Crippen molar-refractivity contribution in [3.63, 3.8) is 0 Å². The van der Waals surface area contributed by atoms with E-state index < -0.39 is 17.1 Å². The van der Waals surface area contributed by atoms with Gasteiger partial charge in [0.15, 0.2) is 11.2 Å². The van der Waals surface area contributed by atoms with Gasteiger partial charge in [0.2, 0.25) is 5.88 Å². The summed E-state index contributed by atoms with van der Waals surface area (Å²) in [6.45, 7) is 2.77. The van der Waals surface area contributed by atoms with Crippen LogP contribution in [0.25, 0.3) is 0 Å². The Balaban J connectivity index is 1.99. The quantitative estimate of drug-likeness (QED) is 0.546. The highest BCUT2D eigenvalue weighted by Gasteiger charge is 2.16. The third-order valence-corrected chi connectivity index (χ3v) is 3.25. The van der Waals surface area contributed by atoms with Crippen LogP contribution in [0.4, 0.5) is 11.6 Å². The maximum Gasteiger partial charge on any atom is 0.257 e. The van der Waals surface area contributed by atoms with Crippen molar-refractivity contribution in [1.82, 2.24) is 5.43 Å². The Morgan fingerprint density at radius 3 is 2.67 bits per heavy atom. The summed E-state index contributed by atoms with van der Waals surface area (Å²) in [7, 11) is 0. The summed E-state index contributed by atoms with van der Waals surface area (Å²) in [5.41, 5.74) is 4.90. The molecule has 0 aliphatic heterocycles. The number of carbonyl (C=O) groups is 2. The van der Waals surface area contributed by atoms with Crippen molar-refractivity contribution in [1.29, 1.82) is 0 Å². The number of aryl methyl sites for hydroxylation is 1. The van der Waals surface area contributed by atoms with E-state index >= 15 is 0 Å². The Bertz CT molecular complexity index is 832. The maximum absolute atomic E-state index is 11.9. The Hall–Kier alpha value is -2.80. The van der Waals surface area contributed by atoms with Crippen LogP contribution in [-0.2, 0) is 4.79 Å².